The smallest absolute Gasteiger partial charge is 0.261 e. The average Bonchev–Trinajstić information content (AvgIpc) is 2.30. The summed E-state index contributed by atoms with van der Waals surface area (Å²) in [6.45, 7) is -0.345. The van der Waals surface area contributed by atoms with Crippen LogP contribution >= 0.6 is 0 Å². The van der Waals surface area contributed by atoms with Crippen molar-refractivity contribution in [3.8, 4) is 0 Å². The highest BCUT2D eigenvalue weighted by Crippen LogP contribution is 2.29. The normalized spacial score (nSPS) is 24.8. The van der Waals surface area contributed by atoms with Gasteiger partial charge in [-0.15, -0.1) is 0 Å². The number of rotatable bonds is 2. The van der Waals surface area contributed by atoms with E-state index in [2.05, 4.69) is 5.32 Å². The van der Waals surface area contributed by atoms with Crippen LogP contribution in [0, 0.1) is 5.82 Å². The van der Waals surface area contributed by atoms with Gasteiger partial charge in [0.2, 0.25) is 5.91 Å². The van der Waals surface area contributed by atoms with Gasteiger partial charge in [0.25, 0.3) is 6.43 Å². The molecule has 1 N–H and O–H groups in total. The van der Waals surface area contributed by atoms with E-state index in [9.17, 15) is 18.0 Å². The van der Waals surface area contributed by atoms with Gasteiger partial charge in [-0.1, -0.05) is 18.2 Å². The maximum atomic E-state index is 13.5. The molecule has 2 rings (SSSR count). The zero-order valence-corrected chi connectivity index (χ0v) is 8.70. The summed E-state index contributed by atoms with van der Waals surface area (Å²) in [7, 11) is 0. The Morgan fingerprint density at radius 2 is 2.06 bits per heavy atom. The molecule has 0 aromatic heterocycles. The zero-order chi connectivity index (χ0) is 12.4. The van der Waals surface area contributed by atoms with Crippen molar-refractivity contribution in [3.05, 3.63) is 35.6 Å². The van der Waals surface area contributed by atoms with Crippen molar-refractivity contribution < 1.29 is 22.7 Å². The van der Waals surface area contributed by atoms with Crippen molar-refractivity contribution in [1.29, 1.82) is 0 Å². The molecule has 92 valence electrons. The standard InChI is InChI=1S/C11H10F3NO2/c12-7-4-2-1-3-6(7)10-9(11(13)14)15-8(16)5-17-10/h1-4,9-11H,5H2,(H,15,16). The molecular weight excluding hydrogens is 235 g/mol. The Kier molecular flexibility index (Phi) is 3.33. The van der Waals surface area contributed by atoms with Gasteiger partial charge in [-0.25, -0.2) is 13.2 Å². The number of carbonyl (C=O) groups excluding carboxylic acids is 1. The van der Waals surface area contributed by atoms with E-state index in [1.165, 1.54) is 18.2 Å². The summed E-state index contributed by atoms with van der Waals surface area (Å²) in [6, 6.07) is 4.00. The molecule has 1 aliphatic rings. The summed E-state index contributed by atoms with van der Waals surface area (Å²) in [5.41, 5.74) is 0.0257. The molecule has 1 heterocycles. The van der Waals surface area contributed by atoms with Gasteiger partial charge in [0, 0.05) is 5.56 Å². The Labute approximate surface area is 95.6 Å². The molecule has 17 heavy (non-hydrogen) atoms. The fraction of sp³-hybridized carbons (Fsp3) is 0.364. The van der Waals surface area contributed by atoms with Crippen LogP contribution in [0.4, 0.5) is 13.2 Å². The van der Waals surface area contributed by atoms with E-state index in [0.717, 1.165) is 6.07 Å². The number of amides is 1. The summed E-state index contributed by atoms with van der Waals surface area (Å²) in [5.74, 6) is -1.25. The number of ether oxygens (including phenoxy) is 1. The van der Waals surface area contributed by atoms with Gasteiger partial charge in [-0.2, -0.15) is 0 Å². The first-order valence-corrected chi connectivity index (χ1v) is 5.03. The molecule has 2 atom stereocenters. The lowest BCUT2D eigenvalue weighted by atomic mass is 10.0. The second kappa shape index (κ2) is 4.75. The van der Waals surface area contributed by atoms with Crippen LogP contribution in [0.2, 0.25) is 0 Å². The molecular formula is C11H10F3NO2. The van der Waals surface area contributed by atoms with Crippen molar-refractivity contribution in [3.63, 3.8) is 0 Å². The van der Waals surface area contributed by atoms with Crippen molar-refractivity contribution in [2.45, 2.75) is 18.6 Å². The number of hydrogen-bond acceptors (Lipinski definition) is 2. The number of benzene rings is 1. The number of nitrogens with one attached hydrogen (secondary N) is 1. The van der Waals surface area contributed by atoms with Gasteiger partial charge in [0.05, 0.1) is 0 Å². The van der Waals surface area contributed by atoms with Crippen LogP contribution < -0.4 is 5.32 Å². The molecule has 1 amide bonds. The number of morpholine rings is 1. The summed E-state index contributed by atoms with van der Waals surface area (Å²) in [4.78, 5) is 11.0. The van der Waals surface area contributed by atoms with Crippen molar-refractivity contribution >= 4 is 5.91 Å². The van der Waals surface area contributed by atoms with E-state index >= 15 is 0 Å². The summed E-state index contributed by atoms with van der Waals surface area (Å²) < 4.78 is 44.0. The number of halogens is 3. The first-order valence-electron chi connectivity index (χ1n) is 5.03. The molecule has 0 aliphatic carbocycles. The molecule has 0 bridgehead atoms. The van der Waals surface area contributed by atoms with Crippen LogP contribution in [0.15, 0.2) is 24.3 Å². The molecule has 3 nitrogen and oxygen atoms in total. The van der Waals surface area contributed by atoms with Crippen LogP contribution in [-0.2, 0) is 9.53 Å². The Morgan fingerprint density at radius 3 is 2.71 bits per heavy atom. The molecule has 0 saturated carbocycles. The summed E-state index contributed by atoms with van der Waals surface area (Å²) in [6.07, 6.45) is -3.97. The fourth-order valence-corrected chi connectivity index (χ4v) is 1.76. The predicted molar refractivity (Wildman–Crippen MR) is 53.0 cm³/mol. The van der Waals surface area contributed by atoms with E-state index < -0.39 is 30.3 Å². The van der Waals surface area contributed by atoms with E-state index in [-0.39, 0.29) is 12.2 Å². The molecule has 1 saturated heterocycles. The second-order valence-corrected chi connectivity index (χ2v) is 3.68. The Morgan fingerprint density at radius 1 is 1.35 bits per heavy atom. The first kappa shape index (κ1) is 11.9. The van der Waals surface area contributed by atoms with Crippen LogP contribution in [0.3, 0.4) is 0 Å². The molecule has 6 heteroatoms. The Balaban J connectivity index is 2.30. The third-order valence-corrected chi connectivity index (χ3v) is 2.53. The SMILES string of the molecule is O=C1COC(c2ccccc2F)C(C(F)F)N1. The van der Waals surface area contributed by atoms with Gasteiger partial charge in [-0.05, 0) is 6.07 Å². The van der Waals surface area contributed by atoms with Crippen LogP contribution in [0.5, 0.6) is 0 Å². The monoisotopic (exact) mass is 245 g/mol. The minimum atomic E-state index is -2.82. The quantitative estimate of drug-likeness (QED) is 0.860. The van der Waals surface area contributed by atoms with Gasteiger partial charge in [0.1, 0.15) is 24.6 Å². The lowest BCUT2D eigenvalue weighted by Gasteiger charge is -2.32. The highest BCUT2D eigenvalue weighted by Gasteiger charge is 2.38. The Hall–Kier alpha value is -1.56. The van der Waals surface area contributed by atoms with Crippen molar-refractivity contribution in [1.82, 2.24) is 5.32 Å². The number of hydrogen-bond donors (Lipinski definition) is 1. The lowest BCUT2D eigenvalue weighted by Crippen LogP contribution is -2.51. The lowest BCUT2D eigenvalue weighted by molar-refractivity contribution is -0.143. The third-order valence-electron chi connectivity index (χ3n) is 2.53. The summed E-state index contributed by atoms with van der Waals surface area (Å²) in [5, 5.41) is 2.11. The van der Waals surface area contributed by atoms with E-state index in [1.54, 1.807) is 0 Å². The van der Waals surface area contributed by atoms with Crippen molar-refractivity contribution in [2.75, 3.05) is 6.61 Å². The predicted octanol–water partition coefficient (Wildman–Crippen LogP) is 1.65. The minimum absolute atomic E-state index is 0.0257. The topological polar surface area (TPSA) is 38.3 Å². The van der Waals surface area contributed by atoms with Crippen LogP contribution in [0.1, 0.15) is 11.7 Å². The highest BCUT2D eigenvalue weighted by atomic mass is 19.3. The Bertz CT molecular complexity index is 425. The number of carbonyl (C=O) groups is 1. The van der Waals surface area contributed by atoms with Gasteiger partial charge >= 0.3 is 0 Å². The van der Waals surface area contributed by atoms with E-state index in [0.29, 0.717) is 0 Å². The molecule has 1 aromatic carbocycles. The number of alkyl halides is 2. The second-order valence-electron chi connectivity index (χ2n) is 3.68. The van der Waals surface area contributed by atoms with Crippen LogP contribution in [0.25, 0.3) is 0 Å². The molecule has 2 unspecified atom stereocenters. The average molecular weight is 245 g/mol. The maximum absolute atomic E-state index is 13.5. The largest absolute Gasteiger partial charge is 0.361 e. The zero-order valence-electron chi connectivity index (χ0n) is 8.70. The third kappa shape index (κ3) is 2.41. The van der Waals surface area contributed by atoms with Gasteiger partial charge in [-0.3, -0.25) is 4.79 Å². The van der Waals surface area contributed by atoms with E-state index in [4.69, 9.17) is 4.74 Å². The van der Waals surface area contributed by atoms with Crippen molar-refractivity contribution in [2.24, 2.45) is 0 Å². The summed E-state index contributed by atoms with van der Waals surface area (Å²) >= 11 is 0. The molecule has 1 aliphatic heterocycles. The minimum Gasteiger partial charge on any atom is -0.361 e. The van der Waals surface area contributed by atoms with Gasteiger partial charge < -0.3 is 10.1 Å². The van der Waals surface area contributed by atoms with Gasteiger partial charge in [0.15, 0.2) is 0 Å². The fourth-order valence-electron chi connectivity index (χ4n) is 1.76. The maximum Gasteiger partial charge on any atom is 0.261 e. The van der Waals surface area contributed by atoms with E-state index in [1.807, 2.05) is 0 Å². The highest BCUT2D eigenvalue weighted by molar-refractivity contribution is 5.78. The van der Waals surface area contributed by atoms with Crippen LogP contribution in [-0.4, -0.2) is 25.0 Å². The molecule has 0 spiro atoms. The first-order chi connectivity index (χ1) is 8.09. The molecule has 1 aromatic rings. The molecule has 1 fully saturated rings. The molecule has 0 radical (unpaired) electrons.